The van der Waals surface area contributed by atoms with Crippen molar-refractivity contribution in [3.8, 4) is 6.07 Å². The molecule has 0 spiro atoms. The summed E-state index contributed by atoms with van der Waals surface area (Å²) in [4.78, 5) is 16.5. The van der Waals surface area contributed by atoms with Crippen LogP contribution in [0.1, 0.15) is 62.2 Å². The third-order valence-electron chi connectivity index (χ3n) is 7.53. The zero-order valence-electron chi connectivity index (χ0n) is 18.8. The van der Waals surface area contributed by atoms with Gasteiger partial charge in [0, 0.05) is 44.8 Å². The van der Waals surface area contributed by atoms with Gasteiger partial charge in [0.2, 0.25) is 0 Å². The molecule has 2 aromatic rings. The maximum atomic E-state index is 13.9. The second-order valence-corrected chi connectivity index (χ2v) is 9.34. The maximum Gasteiger partial charge on any atom is 0.338 e. The number of hydrogen-bond donors (Lipinski definition) is 1. The number of halogens is 1. The zero-order chi connectivity index (χ0) is 23.1. The topological polar surface area (TPSA) is 76.8 Å². The number of β-amino-alcohol motifs (C(OH)–C–C–N with tert-alkyl or cyclic N) is 1. The van der Waals surface area contributed by atoms with E-state index in [1.807, 2.05) is 25.1 Å². The van der Waals surface area contributed by atoms with Gasteiger partial charge in [-0.3, -0.25) is 4.90 Å². The molecule has 2 aromatic carbocycles. The Bertz CT molecular complexity index is 1130. The lowest BCUT2D eigenvalue weighted by molar-refractivity contribution is 0.0535. The fourth-order valence-electron chi connectivity index (χ4n) is 5.61. The van der Waals surface area contributed by atoms with E-state index in [4.69, 9.17) is 4.74 Å². The fourth-order valence-corrected chi connectivity index (χ4v) is 5.61. The molecule has 2 atom stereocenters. The first-order valence-corrected chi connectivity index (χ1v) is 11.6. The predicted octanol–water partition coefficient (Wildman–Crippen LogP) is 3.06. The van der Waals surface area contributed by atoms with Crippen LogP contribution in [0.15, 0.2) is 24.3 Å². The van der Waals surface area contributed by atoms with Crippen molar-refractivity contribution in [1.29, 1.82) is 5.26 Å². The van der Waals surface area contributed by atoms with Gasteiger partial charge in [-0.05, 0) is 60.1 Å². The third kappa shape index (κ3) is 4.04. The van der Waals surface area contributed by atoms with E-state index in [1.54, 1.807) is 6.07 Å². The second kappa shape index (κ2) is 8.86. The van der Waals surface area contributed by atoms with Crippen LogP contribution in [0.2, 0.25) is 0 Å². The lowest BCUT2D eigenvalue weighted by Gasteiger charge is -2.37. The van der Waals surface area contributed by atoms with Crippen molar-refractivity contribution < 1.29 is 19.0 Å². The molecule has 2 unspecified atom stereocenters. The highest BCUT2D eigenvalue weighted by Gasteiger charge is 2.30. The van der Waals surface area contributed by atoms with Crippen molar-refractivity contribution in [3.63, 3.8) is 0 Å². The van der Waals surface area contributed by atoms with E-state index in [0.717, 1.165) is 73.4 Å². The van der Waals surface area contributed by atoms with Gasteiger partial charge < -0.3 is 14.7 Å². The summed E-state index contributed by atoms with van der Waals surface area (Å²) >= 11 is 0. The summed E-state index contributed by atoms with van der Waals surface area (Å²) in [7, 11) is 0. The number of nitrogens with zero attached hydrogens (tertiary/aromatic N) is 3. The minimum atomic E-state index is -0.612. The molecule has 1 fully saturated rings. The molecule has 1 aliphatic carbocycles. The van der Waals surface area contributed by atoms with Gasteiger partial charge in [0.1, 0.15) is 18.5 Å². The standard InChI is InChI=1S/C26H28FN3O3/c1-16-18(4-5-21-23(16)15-33-26(21)32)25(31)14-30-10-8-29(9-11-30)13-17-2-3-20-19(17)6-7-24(27)22(20)12-28/h4-7,17,25,31H,2-3,8-11,13-15H2,1H3. The fraction of sp³-hybridized carbons (Fsp3) is 0.462. The highest BCUT2D eigenvalue weighted by Crippen LogP contribution is 2.36. The Hall–Kier alpha value is -2.79. The molecule has 1 saturated heterocycles. The van der Waals surface area contributed by atoms with Crippen molar-refractivity contribution in [2.75, 3.05) is 39.3 Å². The summed E-state index contributed by atoms with van der Waals surface area (Å²) in [5.74, 6) is -0.366. The molecule has 0 aromatic heterocycles. The van der Waals surface area contributed by atoms with Crippen molar-refractivity contribution in [2.45, 2.75) is 38.4 Å². The summed E-state index contributed by atoms with van der Waals surface area (Å²) in [6.45, 7) is 7.26. The van der Waals surface area contributed by atoms with E-state index in [0.29, 0.717) is 18.0 Å². The molecule has 172 valence electrons. The van der Waals surface area contributed by atoms with Crippen molar-refractivity contribution >= 4 is 5.97 Å². The first kappa shape index (κ1) is 22.0. The number of piperazine rings is 1. The predicted molar refractivity (Wildman–Crippen MR) is 120 cm³/mol. The number of carbonyl (C=O) groups excluding carboxylic acids is 1. The van der Waals surface area contributed by atoms with Gasteiger partial charge >= 0.3 is 5.97 Å². The van der Waals surface area contributed by atoms with Crippen molar-refractivity contribution in [2.24, 2.45) is 0 Å². The first-order valence-electron chi connectivity index (χ1n) is 11.6. The molecule has 1 N–H and O–H groups in total. The average Bonchev–Trinajstić information content (AvgIpc) is 3.39. The van der Waals surface area contributed by atoms with Crippen LogP contribution in [0.3, 0.4) is 0 Å². The molecular formula is C26H28FN3O3. The molecule has 33 heavy (non-hydrogen) atoms. The Morgan fingerprint density at radius 2 is 1.94 bits per heavy atom. The Labute approximate surface area is 193 Å². The quantitative estimate of drug-likeness (QED) is 0.707. The van der Waals surface area contributed by atoms with Crippen LogP contribution in [0.25, 0.3) is 0 Å². The van der Waals surface area contributed by atoms with E-state index >= 15 is 0 Å². The number of rotatable bonds is 5. The van der Waals surface area contributed by atoms with Gasteiger partial charge in [-0.1, -0.05) is 12.1 Å². The van der Waals surface area contributed by atoms with Gasteiger partial charge in [0.15, 0.2) is 0 Å². The minimum absolute atomic E-state index is 0.214. The average molecular weight is 450 g/mol. The molecule has 2 aliphatic heterocycles. The number of nitriles is 1. The zero-order valence-corrected chi connectivity index (χ0v) is 18.8. The Balaban J connectivity index is 1.17. The summed E-state index contributed by atoms with van der Waals surface area (Å²) in [6, 6.07) is 8.92. The van der Waals surface area contributed by atoms with Gasteiger partial charge in [-0.2, -0.15) is 5.26 Å². The van der Waals surface area contributed by atoms with E-state index in [1.165, 1.54) is 6.07 Å². The number of hydrogen-bond acceptors (Lipinski definition) is 6. The Kier molecular flexibility index (Phi) is 5.92. The Morgan fingerprint density at radius 3 is 2.70 bits per heavy atom. The highest BCUT2D eigenvalue weighted by atomic mass is 19.1. The number of esters is 1. The summed E-state index contributed by atoms with van der Waals surface area (Å²) < 4.78 is 19.1. The second-order valence-electron chi connectivity index (χ2n) is 9.34. The van der Waals surface area contributed by atoms with Crippen molar-refractivity contribution in [1.82, 2.24) is 9.80 Å². The van der Waals surface area contributed by atoms with Crippen molar-refractivity contribution in [3.05, 3.63) is 69.0 Å². The minimum Gasteiger partial charge on any atom is -0.457 e. The Morgan fingerprint density at radius 1 is 1.18 bits per heavy atom. The number of cyclic esters (lactones) is 1. The van der Waals surface area contributed by atoms with E-state index in [9.17, 15) is 19.6 Å². The normalized spacial score (nSPS) is 21.4. The number of ether oxygens (including phenoxy) is 1. The van der Waals surface area contributed by atoms with Crippen LogP contribution in [-0.4, -0.2) is 60.1 Å². The number of benzene rings is 2. The lowest BCUT2D eigenvalue weighted by Crippen LogP contribution is -2.48. The highest BCUT2D eigenvalue weighted by molar-refractivity contribution is 5.93. The smallest absolute Gasteiger partial charge is 0.338 e. The van der Waals surface area contributed by atoms with Crippen LogP contribution in [-0.2, 0) is 17.8 Å². The largest absolute Gasteiger partial charge is 0.457 e. The molecule has 0 saturated carbocycles. The van der Waals surface area contributed by atoms with Crippen LogP contribution in [0, 0.1) is 24.1 Å². The van der Waals surface area contributed by atoms with Crippen LogP contribution >= 0.6 is 0 Å². The van der Waals surface area contributed by atoms with Gasteiger partial charge in [0.25, 0.3) is 0 Å². The van der Waals surface area contributed by atoms with E-state index in [-0.39, 0.29) is 18.1 Å². The number of fused-ring (bicyclic) bond motifs is 2. The lowest BCUT2D eigenvalue weighted by atomic mass is 9.95. The molecule has 2 heterocycles. The molecule has 0 bridgehead atoms. The van der Waals surface area contributed by atoms with Crippen LogP contribution < -0.4 is 0 Å². The van der Waals surface area contributed by atoms with E-state index in [2.05, 4.69) is 9.80 Å². The molecule has 5 rings (SSSR count). The molecule has 3 aliphatic rings. The van der Waals surface area contributed by atoms with Crippen LogP contribution in [0.5, 0.6) is 0 Å². The molecule has 7 heteroatoms. The third-order valence-corrected chi connectivity index (χ3v) is 7.53. The summed E-state index contributed by atoms with van der Waals surface area (Å²) in [5, 5.41) is 20.2. The summed E-state index contributed by atoms with van der Waals surface area (Å²) in [6.07, 6.45) is 1.11. The van der Waals surface area contributed by atoms with Gasteiger partial charge in [-0.15, -0.1) is 0 Å². The van der Waals surface area contributed by atoms with Crippen LogP contribution in [0.4, 0.5) is 4.39 Å². The van der Waals surface area contributed by atoms with Gasteiger partial charge in [0.05, 0.1) is 17.2 Å². The molecular weight excluding hydrogens is 421 g/mol. The van der Waals surface area contributed by atoms with Gasteiger partial charge in [-0.25, -0.2) is 9.18 Å². The SMILES string of the molecule is Cc1c(C(O)CN2CCN(CC3CCc4c3ccc(F)c4C#N)CC2)ccc2c1COC2=O. The number of aliphatic hydroxyl groups is 1. The number of aliphatic hydroxyl groups excluding tert-OH is 1. The monoisotopic (exact) mass is 449 g/mol. The number of carbonyl (C=O) groups is 1. The summed E-state index contributed by atoms with van der Waals surface area (Å²) in [5.41, 5.74) is 5.52. The molecule has 6 nitrogen and oxygen atoms in total. The maximum absolute atomic E-state index is 13.9. The van der Waals surface area contributed by atoms with E-state index < -0.39 is 11.9 Å². The molecule has 0 amide bonds. The first-order chi connectivity index (χ1) is 16.0. The molecule has 0 radical (unpaired) electrons.